The van der Waals surface area contributed by atoms with Gasteiger partial charge in [0.25, 0.3) is 5.91 Å². The van der Waals surface area contributed by atoms with Gasteiger partial charge in [0.05, 0.1) is 12.7 Å². The molecular formula is C22H26N2O5. The summed E-state index contributed by atoms with van der Waals surface area (Å²) in [6.45, 7) is 4.11. The van der Waals surface area contributed by atoms with Gasteiger partial charge in [-0.3, -0.25) is 9.59 Å². The first kappa shape index (κ1) is 21.9. The van der Waals surface area contributed by atoms with Gasteiger partial charge < -0.3 is 20.5 Å². The Morgan fingerprint density at radius 1 is 0.966 bits per heavy atom. The van der Waals surface area contributed by atoms with Crippen molar-refractivity contribution in [2.75, 3.05) is 13.7 Å². The Hall–Kier alpha value is -3.35. The summed E-state index contributed by atoms with van der Waals surface area (Å²) in [7, 11) is 1.55. The molecule has 0 saturated carbocycles. The predicted molar refractivity (Wildman–Crippen MR) is 109 cm³/mol. The molecule has 0 aliphatic heterocycles. The average molecular weight is 398 g/mol. The molecule has 0 spiro atoms. The molecular weight excluding hydrogens is 372 g/mol. The Kier molecular flexibility index (Phi) is 7.77. The molecule has 0 aromatic heterocycles. The van der Waals surface area contributed by atoms with E-state index in [1.54, 1.807) is 43.5 Å². The van der Waals surface area contributed by atoms with E-state index in [1.807, 2.05) is 13.8 Å². The van der Waals surface area contributed by atoms with E-state index in [1.165, 1.54) is 12.1 Å². The molecule has 0 aliphatic carbocycles. The van der Waals surface area contributed by atoms with Crippen molar-refractivity contribution in [3.63, 3.8) is 0 Å². The maximum Gasteiger partial charge on any atom is 0.335 e. The van der Waals surface area contributed by atoms with E-state index in [2.05, 4.69) is 10.6 Å². The molecule has 2 rings (SSSR count). The minimum atomic E-state index is -0.975. The lowest BCUT2D eigenvalue weighted by molar-refractivity contribution is -0.123. The number of carboxylic acids is 1. The summed E-state index contributed by atoms with van der Waals surface area (Å²) in [5.41, 5.74) is 1.58. The number of ether oxygens (including phenoxy) is 1. The van der Waals surface area contributed by atoms with Crippen LogP contribution < -0.4 is 15.4 Å². The Morgan fingerprint density at radius 3 is 2.07 bits per heavy atom. The van der Waals surface area contributed by atoms with Gasteiger partial charge in [-0.2, -0.15) is 0 Å². The summed E-state index contributed by atoms with van der Waals surface area (Å²) < 4.78 is 5.08. The molecule has 0 aliphatic rings. The van der Waals surface area contributed by atoms with Gasteiger partial charge in [-0.05, 0) is 54.3 Å². The van der Waals surface area contributed by atoms with Crippen LogP contribution in [0.25, 0.3) is 0 Å². The molecule has 0 fully saturated rings. The fraction of sp³-hybridized carbons (Fsp3) is 0.318. The predicted octanol–water partition coefficient (Wildman–Crippen LogP) is 2.51. The molecule has 7 nitrogen and oxygen atoms in total. The third-order valence-corrected chi connectivity index (χ3v) is 4.50. The fourth-order valence-electron chi connectivity index (χ4n) is 2.76. The topological polar surface area (TPSA) is 105 Å². The van der Waals surface area contributed by atoms with Crippen LogP contribution in [0.4, 0.5) is 0 Å². The molecule has 0 saturated heterocycles. The zero-order valence-electron chi connectivity index (χ0n) is 16.8. The summed E-state index contributed by atoms with van der Waals surface area (Å²) in [6.07, 6.45) is 0.558. The first-order valence-electron chi connectivity index (χ1n) is 9.36. The molecule has 154 valence electrons. The van der Waals surface area contributed by atoms with Crippen molar-refractivity contribution in [3.8, 4) is 5.75 Å². The molecule has 2 aromatic rings. The lowest BCUT2D eigenvalue weighted by Crippen LogP contribution is -2.50. The Bertz CT molecular complexity index is 845. The first-order valence-corrected chi connectivity index (χ1v) is 9.36. The number of amides is 2. The van der Waals surface area contributed by atoms with Gasteiger partial charge in [-0.25, -0.2) is 4.79 Å². The number of aromatic carboxylic acids is 1. The first-order chi connectivity index (χ1) is 13.8. The molecule has 0 bridgehead atoms. The quantitative estimate of drug-likeness (QED) is 0.602. The maximum atomic E-state index is 12.6. The van der Waals surface area contributed by atoms with E-state index in [0.717, 1.165) is 5.56 Å². The minimum absolute atomic E-state index is 0.0907. The molecule has 29 heavy (non-hydrogen) atoms. The summed E-state index contributed by atoms with van der Waals surface area (Å²) >= 11 is 0. The lowest BCUT2D eigenvalue weighted by atomic mass is 10.0. The second-order valence-corrected chi connectivity index (χ2v) is 6.97. The molecule has 3 N–H and O–H groups in total. The zero-order chi connectivity index (χ0) is 21.4. The monoisotopic (exact) mass is 398 g/mol. The van der Waals surface area contributed by atoms with Gasteiger partial charge in [0.15, 0.2) is 0 Å². The normalized spacial score (nSPS) is 11.6. The summed E-state index contributed by atoms with van der Waals surface area (Å²) in [5.74, 6) is -1.00. The number of rotatable bonds is 9. The fourth-order valence-corrected chi connectivity index (χ4v) is 2.76. The maximum absolute atomic E-state index is 12.6. The average Bonchev–Trinajstić information content (AvgIpc) is 2.71. The smallest absolute Gasteiger partial charge is 0.335 e. The van der Waals surface area contributed by atoms with Gasteiger partial charge >= 0.3 is 5.97 Å². The highest BCUT2D eigenvalue weighted by Gasteiger charge is 2.24. The van der Waals surface area contributed by atoms with Crippen molar-refractivity contribution in [1.29, 1.82) is 0 Å². The molecule has 0 radical (unpaired) electrons. The van der Waals surface area contributed by atoms with Crippen LogP contribution in [0.15, 0.2) is 48.5 Å². The third-order valence-electron chi connectivity index (χ3n) is 4.50. The van der Waals surface area contributed by atoms with E-state index in [9.17, 15) is 14.4 Å². The lowest BCUT2D eigenvalue weighted by Gasteiger charge is -2.22. The van der Waals surface area contributed by atoms with Crippen LogP contribution in [0.5, 0.6) is 5.75 Å². The minimum Gasteiger partial charge on any atom is -0.497 e. The molecule has 7 heteroatoms. The largest absolute Gasteiger partial charge is 0.497 e. The van der Waals surface area contributed by atoms with Crippen LogP contribution in [0.1, 0.15) is 40.1 Å². The van der Waals surface area contributed by atoms with Crippen LogP contribution in [-0.4, -0.2) is 42.6 Å². The zero-order valence-corrected chi connectivity index (χ0v) is 16.8. The summed E-state index contributed by atoms with van der Waals surface area (Å²) in [5, 5.41) is 14.5. The van der Waals surface area contributed by atoms with Crippen molar-refractivity contribution in [2.24, 2.45) is 5.92 Å². The standard InChI is InChI=1S/C22H26N2O5/c1-14(2)19(24-20(25)16-8-10-18(29-3)11-9-16)21(26)23-13-12-15-4-6-17(7-5-15)22(27)28/h4-11,14,19H,12-13H2,1-3H3,(H,23,26)(H,24,25)(H,27,28). The highest BCUT2D eigenvalue weighted by atomic mass is 16.5. The van der Waals surface area contributed by atoms with Crippen molar-refractivity contribution < 1.29 is 24.2 Å². The van der Waals surface area contributed by atoms with Gasteiger partial charge in [-0.15, -0.1) is 0 Å². The van der Waals surface area contributed by atoms with Gasteiger partial charge in [-0.1, -0.05) is 26.0 Å². The summed E-state index contributed by atoms with van der Waals surface area (Å²) in [4.78, 5) is 35.9. The van der Waals surface area contributed by atoms with E-state index < -0.39 is 12.0 Å². The molecule has 1 atom stereocenters. The van der Waals surface area contributed by atoms with Crippen LogP contribution >= 0.6 is 0 Å². The summed E-state index contributed by atoms with van der Waals surface area (Å²) in [6, 6.07) is 12.5. The third kappa shape index (κ3) is 6.34. The second-order valence-electron chi connectivity index (χ2n) is 6.97. The van der Waals surface area contributed by atoms with Crippen LogP contribution in [0.2, 0.25) is 0 Å². The van der Waals surface area contributed by atoms with E-state index in [0.29, 0.717) is 24.3 Å². The Labute approximate surface area is 170 Å². The number of carbonyl (C=O) groups is 3. The molecule has 0 heterocycles. The van der Waals surface area contributed by atoms with Gasteiger partial charge in [0.2, 0.25) is 5.91 Å². The highest BCUT2D eigenvalue weighted by molar-refractivity contribution is 5.97. The van der Waals surface area contributed by atoms with Crippen molar-refractivity contribution in [3.05, 3.63) is 65.2 Å². The number of hydrogen-bond acceptors (Lipinski definition) is 4. The van der Waals surface area contributed by atoms with Crippen LogP contribution in [-0.2, 0) is 11.2 Å². The van der Waals surface area contributed by atoms with E-state index in [4.69, 9.17) is 9.84 Å². The number of benzene rings is 2. The highest BCUT2D eigenvalue weighted by Crippen LogP contribution is 2.12. The second kappa shape index (κ2) is 10.3. The van der Waals surface area contributed by atoms with Crippen LogP contribution in [0, 0.1) is 5.92 Å². The van der Waals surface area contributed by atoms with Gasteiger partial charge in [0.1, 0.15) is 11.8 Å². The number of methoxy groups -OCH3 is 1. The number of hydrogen-bond donors (Lipinski definition) is 3. The SMILES string of the molecule is COc1ccc(C(=O)NC(C(=O)NCCc2ccc(C(=O)O)cc2)C(C)C)cc1. The Morgan fingerprint density at radius 2 is 1.55 bits per heavy atom. The molecule has 2 aromatic carbocycles. The number of nitrogens with one attached hydrogen (secondary N) is 2. The van der Waals surface area contributed by atoms with Gasteiger partial charge in [0, 0.05) is 12.1 Å². The Balaban J connectivity index is 1.91. The molecule has 2 amide bonds. The van der Waals surface area contributed by atoms with E-state index in [-0.39, 0.29) is 23.3 Å². The van der Waals surface area contributed by atoms with Crippen LogP contribution in [0.3, 0.4) is 0 Å². The van der Waals surface area contributed by atoms with Crippen molar-refractivity contribution >= 4 is 17.8 Å². The van der Waals surface area contributed by atoms with E-state index >= 15 is 0 Å². The number of carbonyl (C=O) groups excluding carboxylic acids is 2. The molecule has 1 unspecified atom stereocenters. The number of carboxylic acid groups (broad SMARTS) is 1. The van der Waals surface area contributed by atoms with Crippen molar-refractivity contribution in [1.82, 2.24) is 10.6 Å². The van der Waals surface area contributed by atoms with Crippen molar-refractivity contribution in [2.45, 2.75) is 26.3 Å².